The molecule has 0 spiro atoms. The number of carbonyl (C=O) groups is 1. The van der Waals surface area contributed by atoms with Crippen molar-refractivity contribution in [3.63, 3.8) is 0 Å². The highest BCUT2D eigenvalue weighted by Gasteiger charge is 2.30. The summed E-state index contributed by atoms with van der Waals surface area (Å²) in [5.41, 5.74) is 5.52. The molecule has 2 atom stereocenters. The minimum absolute atomic E-state index is 0.00778. The Morgan fingerprint density at radius 1 is 1.25 bits per heavy atom. The third-order valence-corrected chi connectivity index (χ3v) is 8.76. The number of rotatable bonds is 9. The van der Waals surface area contributed by atoms with Crippen LogP contribution in [0.15, 0.2) is 30.6 Å². The Bertz CT molecular complexity index is 1370. The Balaban J connectivity index is 1.47. The van der Waals surface area contributed by atoms with Crippen molar-refractivity contribution in [3.8, 4) is 21.7 Å². The van der Waals surface area contributed by atoms with Gasteiger partial charge in [0.25, 0.3) is 0 Å². The zero-order valence-corrected chi connectivity index (χ0v) is 22.7. The second-order valence-electron chi connectivity index (χ2n) is 9.29. The van der Waals surface area contributed by atoms with Crippen molar-refractivity contribution in [1.82, 2.24) is 25.4 Å². The number of amides is 1. The fraction of sp³-hybridized carbons (Fsp3) is 0.423. The number of hydrogen-bond acceptors (Lipinski definition) is 8. The van der Waals surface area contributed by atoms with Crippen LogP contribution in [0.5, 0.6) is 0 Å². The highest BCUT2D eigenvalue weighted by Crippen LogP contribution is 2.47. The van der Waals surface area contributed by atoms with Crippen molar-refractivity contribution in [2.75, 3.05) is 32.1 Å². The number of fused-ring (bicyclic) bond motifs is 2. The van der Waals surface area contributed by atoms with Gasteiger partial charge in [-0.25, -0.2) is 4.98 Å². The molecule has 1 aromatic carbocycles. The van der Waals surface area contributed by atoms with Gasteiger partial charge in [-0.05, 0) is 43.5 Å². The second-order valence-corrected chi connectivity index (χ2v) is 11.4. The van der Waals surface area contributed by atoms with Crippen molar-refractivity contribution in [2.45, 2.75) is 38.8 Å². The first-order chi connectivity index (χ1) is 17.4. The van der Waals surface area contributed by atoms with Gasteiger partial charge in [0.05, 0.1) is 23.0 Å². The summed E-state index contributed by atoms with van der Waals surface area (Å²) in [6.45, 7) is 6.38. The lowest BCUT2D eigenvalue weighted by Crippen LogP contribution is -2.35. The number of carbonyl (C=O) groups excluding carboxylic acids is 1. The zero-order chi connectivity index (χ0) is 25.2. The van der Waals surface area contributed by atoms with Crippen molar-refractivity contribution < 1.29 is 9.53 Å². The predicted octanol–water partition coefficient (Wildman–Crippen LogP) is 4.59. The quantitative estimate of drug-likeness (QED) is 0.278. The zero-order valence-electron chi connectivity index (χ0n) is 21.1. The van der Waals surface area contributed by atoms with Crippen LogP contribution < -0.4 is 16.0 Å². The van der Waals surface area contributed by atoms with Gasteiger partial charge >= 0.3 is 0 Å². The number of thiazole rings is 1. The molecule has 5 rings (SSSR count). The third-order valence-electron chi connectivity index (χ3n) is 6.38. The van der Waals surface area contributed by atoms with Crippen LogP contribution in [0.2, 0.25) is 0 Å². The molecular formula is C26H32N6O2S2. The van der Waals surface area contributed by atoms with Crippen LogP contribution in [0, 0.1) is 0 Å². The Morgan fingerprint density at radius 3 is 2.89 bits per heavy atom. The lowest BCUT2D eigenvalue weighted by Gasteiger charge is -2.26. The molecule has 8 nitrogen and oxygen atoms in total. The molecule has 1 aliphatic rings. The molecule has 1 aliphatic heterocycles. The van der Waals surface area contributed by atoms with Crippen molar-refractivity contribution >= 4 is 43.8 Å². The molecule has 1 amide bonds. The normalized spacial score (nSPS) is 17.4. The topological polar surface area (TPSA) is 93.1 Å². The molecule has 0 bridgehead atoms. The molecule has 0 aliphatic carbocycles. The summed E-state index contributed by atoms with van der Waals surface area (Å²) < 4.78 is 7.99. The van der Waals surface area contributed by atoms with E-state index in [2.05, 4.69) is 53.1 Å². The average Bonchev–Trinajstić information content (AvgIpc) is 3.54. The number of hydrogen-bond donors (Lipinski definition) is 3. The summed E-state index contributed by atoms with van der Waals surface area (Å²) in [4.78, 5) is 19.2. The maximum absolute atomic E-state index is 12.8. The Hall–Kier alpha value is -2.63. The number of nitrogens with one attached hydrogen (secondary N) is 3. The lowest BCUT2D eigenvalue weighted by atomic mass is 9.95. The summed E-state index contributed by atoms with van der Waals surface area (Å²) in [5.74, 6) is 0.00778. The van der Waals surface area contributed by atoms with E-state index < -0.39 is 0 Å². The number of nitrogens with zero attached hydrogens (tertiary/aromatic N) is 3. The molecule has 4 aromatic rings. The summed E-state index contributed by atoms with van der Waals surface area (Å²) in [7, 11) is 3.60. The molecule has 10 heteroatoms. The van der Waals surface area contributed by atoms with Gasteiger partial charge in [0.2, 0.25) is 5.91 Å². The van der Waals surface area contributed by atoms with Crippen molar-refractivity contribution in [2.24, 2.45) is 7.05 Å². The number of thiophene rings is 1. The molecule has 0 radical (unpaired) electrons. The Labute approximate surface area is 219 Å². The maximum atomic E-state index is 12.8. The number of benzene rings is 1. The smallest absolute Gasteiger partial charge is 0.226 e. The van der Waals surface area contributed by atoms with Crippen LogP contribution in [-0.2, 0) is 23.0 Å². The first-order valence-electron chi connectivity index (χ1n) is 12.2. The fourth-order valence-electron chi connectivity index (χ4n) is 4.69. The number of methoxy groups -OCH3 is 1. The summed E-state index contributed by atoms with van der Waals surface area (Å²) in [5, 5.41) is 16.3. The third kappa shape index (κ3) is 5.23. The van der Waals surface area contributed by atoms with Gasteiger partial charge in [0.15, 0.2) is 0 Å². The molecule has 2 unspecified atom stereocenters. The summed E-state index contributed by atoms with van der Waals surface area (Å²) >= 11 is 3.36. The van der Waals surface area contributed by atoms with Gasteiger partial charge in [-0.3, -0.25) is 9.48 Å². The molecule has 3 aromatic heterocycles. The van der Waals surface area contributed by atoms with E-state index in [0.29, 0.717) is 25.6 Å². The number of anilines is 1. The maximum Gasteiger partial charge on any atom is 0.226 e. The fourth-order valence-corrected chi connectivity index (χ4v) is 7.04. The SMILES string of the molecule is COCCNCCC(=O)Nc1sc2c(c1-c1nc3cc(-c4cnn(C)c4)ccc3s1)CC(C)NC2C. The largest absolute Gasteiger partial charge is 0.383 e. The molecule has 0 fully saturated rings. The van der Waals surface area contributed by atoms with E-state index in [9.17, 15) is 4.79 Å². The predicted molar refractivity (Wildman–Crippen MR) is 148 cm³/mol. The minimum atomic E-state index is 0.00778. The van der Waals surface area contributed by atoms with E-state index in [1.54, 1.807) is 29.8 Å². The van der Waals surface area contributed by atoms with Crippen LogP contribution in [0.4, 0.5) is 5.00 Å². The molecule has 190 valence electrons. The van der Waals surface area contributed by atoms with E-state index >= 15 is 0 Å². The molecule has 0 saturated carbocycles. The van der Waals surface area contributed by atoms with Gasteiger partial charge in [-0.2, -0.15) is 5.10 Å². The van der Waals surface area contributed by atoms with E-state index in [1.807, 2.05) is 24.1 Å². The van der Waals surface area contributed by atoms with Gasteiger partial charge in [-0.15, -0.1) is 22.7 Å². The van der Waals surface area contributed by atoms with Gasteiger partial charge in [-0.1, -0.05) is 6.07 Å². The Morgan fingerprint density at radius 2 is 2.11 bits per heavy atom. The molecular weight excluding hydrogens is 492 g/mol. The van der Waals surface area contributed by atoms with Crippen molar-refractivity contribution in [3.05, 3.63) is 41.0 Å². The minimum Gasteiger partial charge on any atom is -0.383 e. The first-order valence-corrected chi connectivity index (χ1v) is 13.9. The monoisotopic (exact) mass is 524 g/mol. The van der Waals surface area contributed by atoms with Crippen LogP contribution >= 0.6 is 22.7 Å². The number of ether oxygens (including phenoxy) is 1. The van der Waals surface area contributed by atoms with E-state index in [0.717, 1.165) is 49.9 Å². The lowest BCUT2D eigenvalue weighted by molar-refractivity contribution is -0.116. The first kappa shape index (κ1) is 25.0. The second kappa shape index (κ2) is 10.8. The molecule has 36 heavy (non-hydrogen) atoms. The van der Waals surface area contributed by atoms with Gasteiger partial charge < -0.3 is 20.7 Å². The van der Waals surface area contributed by atoms with E-state index in [4.69, 9.17) is 9.72 Å². The van der Waals surface area contributed by atoms with E-state index in [-0.39, 0.29) is 11.9 Å². The van der Waals surface area contributed by atoms with Crippen LogP contribution in [0.25, 0.3) is 31.9 Å². The summed E-state index contributed by atoms with van der Waals surface area (Å²) in [6, 6.07) is 6.98. The average molecular weight is 525 g/mol. The van der Waals surface area contributed by atoms with Crippen LogP contribution in [-0.4, -0.2) is 53.5 Å². The molecule has 4 heterocycles. The highest BCUT2D eigenvalue weighted by molar-refractivity contribution is 7.23. The summed E-state index contributed by atoms with van der Waals surface area (Å²) in [6.07, 6.45) is 5.20. The van der Waals surface area contributed by atoms with Crippen LogP contribution in [0.1, 0.15) is 36.8 Å². The van der Waals surface area contributed by atoms with Gasteiger partial charge in [0, 0.05) is 68.0 Å². The number of aryl methyl sites for hydroxylation is 1. The Kier molecular flexibility index (Phi) is 7.49. The molecule has 3 N–H and O–H groups in total. The molecule has 0 saturated heterocycles. The van der Waals surface area contributed by atoms with E-state index in [1.165, 1.54) is 10.4 Å². The van der Waals surface area contributed by atoms with Crippen LogP contribution in [0.3, 0.4) is 0 Å². The van der Waals surface area contributed by atoms with Crippen molar-refractivity contribution in [1.29, 1.82) is 0 Å². The highest BCUT2D eigenvalue weighted by atomic mass is 32.1. The standard InChI is InChI=1S/C26H32N6O2S2/c1-15-11-19-23(25-30-20-12-17(5-6-21(20)35-25)18-13-28-32(3)14-18)26(36-24(19)16(2)29-15)31-22(33)7-8-27-9-10-34-4/h5-6,12-16,27,29H,7-11H2,1-4H3,(H,31,33). The number of aromatic nitrogens is 3. The van der Waals surface area contributed by atoms with Gasteiger partial charge in [0.1, 0.15) is 10.0 Å².